The molecular weight excluding hydrogens is 370 g/mol. The maximum absolute atomic E-state index is 12.3. The van der Waals surface area contributed by atoms with Crippen molar-refractivity contribution >= 4 is 32.6 Å². The fraction of sp³-hybridized carbons (Fsp3) is 0.500. The number of benzene rings is 1. The average molecular weight is 395 g/mol. The van der Waals surface area contributed by atoms with Crippen molar-refractivity contribution < 1.29 is 22.7 Å². The zero-order valence-electron chi connectivity index (χ0n) is 15.4. The molecule has 2 aromatic rings. The number of hydrogen-bond donors (Lipinski definition) is 1. The van der Waals surface area contributed by atoms with Crippen LogP contribution in [0.3, 0.4) is 0 Å². The summed E-state index contributed by atoms with van der Waals surface area (Å²) in [6.45, 7) is 3.99. The highest BCUT2D eigenvalue weighted by atomic mass is 32.2. The average Bonchev–Trinajstić information content (AvgIpc) is 3.04. The van der Waals surface area contributed by atoms with Crippen molar-refractivity contribution in [3.05, 3.63) is 30.5 Å². The molecule has 1 saturated heterocycles. The van der Waals surface area contributed by atoms with Crippen molar-refractivity contribution in [2.24, 2.45) is 0 Å². The number of hydrogen-bond acceptors (Lipinski definition) is 6. The summed E-state index contributed by atoms with van der Waals surface area (Å²) < 4.78 is 39.1. The van der Waals surface area contributed by atoms with Crippen LogP contribution < -0.4 is 4.72 Å². The minimum atomic E-state index is -3.41. The molecule has 0 unspecified atom stereocenters. The lowest BCUT2D eigenvalue weighted by Gasteiger charge is -2.26. The summed E-state index contributed by atoms with van der Waals surface area (Å²) in [5.74, 6) is -0.260. The van der Waals surface area contributed by atoms with E-state index in [1.54, 1.807) is 29.0 Å². The van der Waals surface area contributed by atoms with Gasteiger partial charge in [0.05, 0.1) is 26.1 Å². The van der Waals surface area contributed by atoms with Gasteiger partial charge in [-0.25, -0.2) is 8.42 Å². The number of rotatable bonds is 8. The molecule has 1 aromatic heterocycles. The third kappa shape index (κ3) is 5.44. The first-order chi connectivity index (χ1) is 13.0. The Hall–Kier alpha value is -2.10. The fourth-order valence-electron chi connectivity index (χ4n) is 3.14. The van der Waals surface area contributed by atoms with Crippen LogP contribution in [0.4, 0.5) is 5.69 Å². The van der Waals surface area contributed by atoms with Gasteiger partial charge in [0.2, 0.25) is 10.0 Å². The van der Waals surface area contributed by atoms with Crippen LogP contribution >= 0.6 is 0 Å². The third-order valence-electron chi connectivity index (χ3n) is 4.56. The summed E-state index contributed by atoms with van der Waals surface area (Å²) >= 11 is 0. The number of nitrogens with one attached hydrogen (secondary N) is 1. The smallest absolute Gasteiger partial charge is 0.325 e. The minimum Gasteiger partial charge on any atom is -0.468 e. The Balaban J connectivity index is 1.58. The zero-order valence-corrected chi connectivity index (χ0v) is 16.2. The Bertz CT molecular complexity index is 888. The standard InChI is InChI=1S/C18H25N3O5S/c1-25-18(22)14-21-7-5-15-13-16(3-4-17(15)21)19-27(23,24)12-2-6-20-8-10-26-11-9-20/h3-5,7,13,19H,2,6,8-12,14H2,1H3. The van der Waals surface area contributed by atoms with Crippen LogP contribution in [-0.4, -0.2) is 69.6 Å². The molecule has 0 radical (unpaired) electrons. The molecule has 3 rings (SSSR count). The summed E-state index contributed by atoms with van der Waals surface area (Å²) in [6, 6.07) is 7.11. The van der Waals surface area contributed by atoms with Crippen LogP contribution in [0.1, 0.15) is 6.42 Å². The van der Waals surface area contributed by atoms with Crippen LogP contribution in [0.5, 0.6) is 0 Å². The Morgan fingerprint density at radius 1 is 1.26 bits per heavy atom. The van der Waals surface area contributed by atoms with E-state index in [1.807, 2.05) is 6.07 Å². The van der Waals surface area contributed by atoms with Gasteiger partial charge >= 0.3 is 5.97 Å². The fourth-order valence-corrected chi connectivity index (χ4v) is 4.24. The first-order valence-electron chi connectivity index (χ1n) is 8.93. The van der Waals surface area contributed by atoms with E-state index < -0.39 is 10.0 Å². The molecule has 0 bridgehead atoms. The highest BCUT2D eigenvalue weighted by Crippen LogP contribution is 2.21. The van der Waals surface area contributed by atoms with E-state index in [1.165, 1.54) is 7.11 Å². The quantitative estimate of drug-likeness (QED) is 0.677. The van der Waals surface area contributed by atoms with Gasteiger partial charge in [-0.15, -0.1) is 0 Å². The van der Waals surface area contributed by atoms with E-state index >= 15 is 0 Å². The molecule has 1 aliphatic rings. The van der Waals surface area contributed by atoms with Gasteiger partial charge in [0.15, 0.2) is 0 Å². The second-order valence-electron chi connectivity index (χ2n) is 6.52. The molecule has 1 aliphatic heterocycles. The number of carbonyl (C=O) groups excluding carboxylic acids is 1. The molecule has 0 amide bonds. The summed E-state index contributed by atoms with van der Waals surface area (Å²) in [7, 11) is -2.06. The van der Waals surface area contributed by atoms with Gasteiger partial charge < -0.3 is 14.0 Å². The molecule has 1 fully saturated rings. The third-order valence-corrected chi connectivity index (χ3v) is 5.94. The molecule has 0 spiro atoms. The molecule has 2 heterocycles. The van der Waals surface area contributed by atoms with E-state index in [9.17, 15) is 13.2 Å². The summed E-state index contributed by atoms with van der Waals surface area (Å²) in [4.78, 5) is 13.7. The topological polar surface area (TPSA) is 89.9 Å². The summed E-state index contributed by atoms with van der Waals surface area (Å²) in [6.07, 6.45) is 2.36. The van der Waals surface area contributed by atoms with Gasteiger partial charge in [-0.3, -0.25) is 14.4 Å². The maximum atomic E-state index is 12.3. The highest BCUT2D eigenvalue weighted by molar-refractivity contribution is 7.92. The first kappa shape index (κ1) is 19.7. The number of nitrogens with zero attached hydrogens (tertiary/aromatic N) is 2. The van der Waals surface area contributed by atoms with Crippen LogP contribution in [0.25, 0.3) is 10.9 Å². The number of anilines is 1. The molecule has 0 aliphatic carbocycles. The van der Waals surface area contributed by atoms with Gasteiger partial charge in [0, 0.05) is 35.9 Å². The van der Waals surface area contributed by atoms with Gasteiger partial charge in [-0.05, 0) is 37.2 Å². The molecule has 0 saturated carbocycles. The normalized spacial score (nSPS) is 15.7. The number of ether oxygens (including phenoxy) is 2. The van der Waals surface area contributed by atoms with Crippen LogP contribution in [-0.2, 0) is 30.8 Å². The lowest BCUT2D eigenvalue weighted by atomic mass is 10.2. The SMILES string of the molecule is COC(=O)Cn1ccc2cc(NS(=O)(=O)CCCN3CCOCC3)ccc21. The van der Waals surface area contributed by atoms with Crippen molar-refractivity contribution in [3.8, 4) is 0 Å². The van der Waals surface area contributed by atoms with Crippen molar-refractivity contribution in [2.45, 2.75) is 13.0 Å². The van der Waals surface area contributed by atoms with E-state index in [-0.39, 0.29) is 18.3 Å². The van der Waals surface area contributed by atoms with Gasteiger partial charge in [-0.2, -0.15) is 0 Å². The predicted molar refractivity (Wildman–Crippen MR) is 103 cm³/mol. The van der Waals surface area contributed by atoms with Crippen molar-refractivity contribution in [1.82, 2.24) is 9.47 Å². The highest BCUT2D eigenvalue weighted by Gasteiger charge is 2.15. The number of sulfonamides is 1. The number of carbonyl (C=O) groups is 1. The van der Waals surface area contributed by atoms with Crippen molar-refractivity contribution in [1.29, 1.82) is 0 Å². The van der Waals surface area contributed by atoms with Crippen molar-refractivity contribution in [3.63, 3.8) is 0 Å². The van der Waals surface area contributed by atoms with E-state index in [4.69, 9.17) is 4.74 Å². The Morgan fingerprint density at radius 3 is 2.78 bits per heavy atom. The molecule has 0 atom stereocenters. The summed E-state index contributed by atoms with van der Waals surface area (Å²) in [5, 5.41) is 0.854. The van der Waals surface area contributed by atoms with Crippen LogP contribution in [0.15, 0.2) is 30.5 Å². The van der Waals surface area contributed by atoms with E-state index in [0.717, 1.165) is 30.5 Å². The number of aromatic nitrogens is 1. The van der Waals surface area contributed by atoms with Gasteiger partial charge in [0.25, 0.3) is 0 Å². The molecule has 9 heteroatoms. The lowest BCUT2D eigenvalue weighted by molar-refractivity contribution is -0.141. The number of fused-ring (bicyclic) bond motifs is 1. The maximum Gasteiger partial charge on any atom is 0.325 e. The first-order valence-corrected chi connectivity index (χ1v) is 10.6. The Morgan fingerprint density at radius 2 is 2.04 bits per heavy atom. The minimum absolute atomic E-state index is 0.0751. The molecule has 148 valence electrons. The molecule has 1 N–H and O–H groups in total. The molecule has 1 aromatic carbocycles. The van der Waals surface area contributed by atoms with Crippen LogP contribution in [0, 0.1) is 0 Å². The number of morpholine rings is 1. The lowest BCUT2D eigenvalue weighted by Crippen LogP contribution is -2.37. The Labute approximate surface area is 159 Å². The molecular formula is C18H25N3O5S. The van der Waals surface area contributed by atoms with Crippen molar-refractivity contribution in [2.75, 3.05) is 50.4 Å². The predicted octanol–water partition coefficient (Wildman–Crippen LogP) is 1.28. The molecule has 8 nitrogen and oxygen atoms in total. The Kier molecular flexibility index (Phi) is 6.35. The van der Waals surface area contributed by atoms with Gasteiger partial charge in [-0.1, -0.05) is 0 Å². The number of methoxy groups -OCH3 is 1. The second-order valence-corrected chi connectivity index (χ2v) is 8.36. The monoisotopic (exact) mass is 395 g/mol. The summed E-state index contributed by atoms with van der Waals surface area (Å²) in [5.41, 5.74) is 1.36. The van der Waals surface area contributed by atoms with E-state index in [2.05, 4.69) is 14.4 Å². The second kappa shape index (κ2) is 8.73. The largest absolute Gasteiger partial charge is 0.468 e. The van der Waals surface area contributed by atoms with Gasteiger partial charge in [0.1, 0.15) is 6.54 Å². The molecule has 27 heavy (non-hydrogen) atoms. The zero-order chi connectivity index (χ0) is 19.3. The van der Waals surface area contributed by atoms with E-state index in [0.29, 0.717) is 25.3 Å². The van der Waals surface area contributed by atoms with Crippen LogP contribution in [0.2, 0.25) is 0 Å². The number of esters is 1.